The number of nitrogens with zero attached hydrogens (tertiary/aromatic N) is 1. The van der Waals surface area contributed by atoms with E-state index in [1.165, 1.54) is 0 Å². The van der Waals surface area contributed by atoms with E-state index in [-0.39, 0.29) is 11.8 Å². The molecule has 1 aliphatic heterocycles. The summed E-state index contributed by atoms with van der Waals surface area (Å²) in [5.41, 5.74) is 0.952. The van der Waals surface area contributed by atoms with Crippen LogP contribution in [0.1, 0.15) is 12.0 Å². The summed E-state index contributed by atoms with van der Waals surface area (Å²) in [4.78, 5) is 27.1. The van der Waals surface area contributed by atoms with E-state index in [9.17, 15) is 9.59 Å². The van der Waals surface area contributed by atoms with Gasteiger partial charge in [-0.05, 0) is 24.0 Å². The summed E-state index contributed by atoms with van der Waals surface area (Å²) < 4.78 is 0. The first kappa shape index (κ1) is 20.7. The molecule has 2 amide bonds. The minimum Gasteiger partial charge on any atom is -0.353 e. The van der Waals surface area contributed by atoms with Gasteiger partial charge in [0.15, 0.2) is 0 Å². The maximum absolute atomic E-state index is 12.5. The van der Waals surface area contributed by atoms with Crippen LogP contribution >= 0.6 is 11.8 Å². The molecule has 1 saturated heterocycles. The van der Waals surface area contributed by atoms with Gasteiger partial charge in [-0.25, -0.2) is 0 Å². The second-order valence-electron chi connectivity index (χ2n) is 6.45. The zero-order chi connectivity index (χ0) is 18.6. The standard InChI is InChI=1S/C19H30N4O2S/c1-26-14-7-17(22-18(24)15-16-5-3-2-4-6-16)19(25)21-10-13-23-11-8-20-9-12-23/h2-6,17,20H,7-15H2,1H3,(H,21,25)(H,22,24). The highest BCUT2D eigenvalue weighted by atomic mass is 32.2. The van der Waals surface area contributed by atoms with Crippen molar-refractivity contribution in [2.24, 2.45) is 0 Å². The Hall–Kier alpha value is -1.57. The molecule has 0 saturated carbocycles. The van der Waals surface area contributed by atoms with Crippen LogP contribution in [0.5, 0.6) is 0 Å². The Morgan fingerprint density at radius 2 is 1.96 bits per heavy atom. The van der Waals surface area contributed by atoms with E-state index in [1.54, 1.807) is 11.8 Å². The average molecular weight is 379 g/mol. The molecule has 1 aliphatic rings. The van der Waals surface area contributed by atoms with Gasteiger partial charge in [0.2, 0.25) is 11.8 Å². The van der Waals surface area contributed by atoms with Crippen LogP contribution in [0.3, 0.4) is 0 Å². The number of rotatable bonds is 10. The van der Waals surface area contributed by atoms with Gasteiger partial charge in [0.1, 0.15) is 6.04 Å². The molecule has 0 bridgehead atoms. The van der Waals surface area contributed by atoms with E-state index in [0.29, 0.717) is 19.4 Å². The van der Waals surface area contributed by atoms with Crippen LogP contribution in [0.15, 0.2) is 30.3 Å². The number of benzene rings is 1. The quantitative estimate of drug-likeness (QED) is 0.553. The van der Waals surface area contributed by atoms with Gasteiger partial charge in [0.25, 0.3) is 0 Å². The summed E-state index contributed by atoms with van der Waals surface area (Å²) in [6.07, 6.45) is 2.94. The van der Waals surface area contributed by atoms with Crippen LogP contribution in [0, 0.1) is 0 Å². The molecule has 2 rings (SSSR count). The van der Waals surface area contributed by atoms with Crippen molar-refractivity contribution in [1.82, 2.24) is 20.9 Å². The lowest BCUT2D eigenvalue weighted by atomic mass is 10.1. The molecule has 0 aromatic heterocycles. The summed E-state index contributed by atoms with van der Waals surface area (Å²) in [6, 6.07) is 9.12. The van der Waals surface area contributed by atoms with Crippen LogP contribution in [-0.2, 0) is 16.0 Å². The van der Waals surface area contributed by atoms with Crippen molar-refractivity contribution in [1.29, 1.82) is 0 Å². The molecule has 1 heterocycles. The normalized spacial score (nSPS) is 16.0. The Balaban J connectivity index is 1.78. The maximum Gasteiger partial charge on any atom is 0.242 e. The predicted molar refractivity (Wildman–Crippen MR) is 107 cm³/mol. The molecule has 0 radical (unpaired) electrons. The molecular weight excluding hydrogens is 348 g/mol. The Morgan fingerprint density at radius 3 is 2.65 bits per heavy atom. The zero-order valence-corrected chi connectivity index (χ0v) is 16.3. The molecule has 1 aromatic carbocycles. The summed E-state index contributed by atoms with van der Waals surface area (Å²) in [5.74, 6) is 0.636. The third kappa shape index (κ3) is 7.76. The van der Waals surface area contributed by atoms with Gasteiger partial charge in [-0.3, -0.25) is 14.5 Å². The number of carbonyl (C=O) groups is 2. The summed E-state index contributed by atoms with van der Waals surface area (Å²) in [5, 5.41) is 9.20. The lowest BCUT2D eigenvalue weighted by molar-refractivity contribution is -0.128. The van der Waals surface area contributed by atoms with Gasteiger partial charge in [-0.15, -0.1) is 0 Å². The number of hydrogen-bond donors (Lipinski definition) is 3. The van der Waals surface area contributed by atoms with E-state index in [1.807, 2.05) is 36.6 Å². The molecule has 0 aliphatic carbocycles. The van der Waals surface area contributed by atoms with Crippen molar-refractivity contribution in [3.8, 4) is 0 Å². The molecule has 3 N–H and O–H groups in total. The fraction of sp³-hybridized carbons (Fsp3) is 0.579. The highest BCUT2D eigenvalue weighted by molar-refractivity contribution is 7.98. The summed E-state index contributed by atoms with van der Waals surface area (Å²) in [6.45, 7) is 5.49. The third-order valence-corrected chi connectivity index (χ3v) is 5.05. The molecule has 1 fully saturated rings. The van der Waals surface area contributed by atoms with E-state index < -0.39 is 6.04 Å². The molecular formula is C19H30N4O2S. The van der Waals surface area contributed by atoms with Crippen molar-refractivity contribution in [2.45, 2.75) is 18.9 Å². The van der Waals surface area contributed by atoms with Crippen LogP contribution < -0.4 is 16.0 Å². The summed E-state index contributed by atoms with van der Waals surface area (Å²) in [7, 11) is 0. The predicted octanol–water partition coefficient (Wildman–Crippen LogP) is 0.488. The van der Waals surface area contributed by atoms with Gasteiger partial charge in [-0.1, -0.05) is 30.3 Å². The third-order valence-electron chi connectivity index (χ3n) is 4.41. The number of thioether (sulfide) groups is 1. The fourth-order valence-corrected chi connectivity index (χ4v) is 3.40. The number of nitrogens with one attached hydrogen (secondary N) is 3. The van der Waals surface area contributed by atoms with Gasteiger partial charge in [0, 0.05) is 39.3 Å². The lowest BCUT2D eigenvalue weighted by Gasteiger charge is -2.27. The average Bonchev–Trinajstić information content (AvgIpc) is 2.66. The number of amides is 2. The van der Waals surface area contributed by atoms with Crippen molar-refractivity contribution in [3.63, 3.8) is 0 Å². The van der Waals surface area contributed by atoms with E-state index in [2.05, 4.69) is 20.9 Å². The smallest absolute Gasteiger partial charge is 0.242 e. The van der Waals surface area contributed by atoms with Crippen molar-refractivity contribution in [3.05, 3.63) is 35.9 Å². The van der Waals surface area contributed by atoms with Crippen molar-refractivity contribution in [2.75, 3.05) is 51.3 Å². The fourth-order valence-electron chi connectivity index (χ4n) is 2.93. The topological polar surface area (TPSA) is 73.5 Å². The highest BCUT2D eigenvalue weighted by Gasteiger charge is 2.20. The number of piperazine rings is 1. The SMILES string of the molecule is CSCCC(NC(=O)Cc1ccccc1)C(=O)NCCN1CCNCC1. The lowest BCUT2D eigenvalue weighted by Crippen LogP contribution is -2.50. The summed E-state index contributed by atoms with van der Waals surface area (Å²) >= 11 is 1.68. The molecule has 1 unspecified atom stereocenters. The van der Waals surface area contributed by atoms with Gasteiger partial charge >= 0.3 is 0 Å². The van der Waals surface area contributed by atoms with E-state index in [4.69, 9.17) is 0 Å². The molecule has 7 heteroatoms. The minimum absolute atomic E-state index is 0.0874. The van der Waals surface area contributed by atoms with E-state index >= 15 is 0 Å². The van der Waals surface area contributed by atoms with Gasteiger partial charge in [0.05, 0.1) is 6.42 Å². The maximum atomic E-state index is 12.5. The highest BCUT2D eigenvalue weighted by Crippen LogP contribution is 2.04. The largest absolute Gasteiger partial charge is 0.353 e. The second kappa shape index (κ2) is 11.9. The first-order chi connectivity index (χ1) is 12.7. The molecule has 144 valence electrons. The zero-order valence-electron chi connectivity index (χ0n) is 15.5. The molecule has 26 heavy (non-hydrogen) atoms. The van der Waals surface area contributed by atoms with Crippen LogP contribution in [0.4, 0.5) is 0 Å². The number of hydrogen-bond acceptors (Lipinski definition) is 5. The van der Waals surface area contributed by atoms with Gasteiger partial charge in [-0.2, -0.15) is 11.8 Å². The molecule has 1 atom stereocenters. The Bertz CT molecular complexity index is 550. The Morgan fingerprint density at radius 1 is 1.23 bits per heavy atom. The number of carbonyl (C=O) groups excluding carboxylic acids is 2. The Kier molecular flexibility index (Phi) is 9.52. The first-order valence-corrected chi connectivity index (χ1v) is 10.6. The monoisotopic (exact) mass is 378 g/mol. The van der Waals surface area contributed by atoms with Crippen LogP contribution in [-0.4, -0.2) is 74.0 Å². The van der Waals surface area contributed by atoms with Crippen LogP contribution in [0.25, 0.3) is 0 Å². The van der Waals surface area contributed by atoms with Crippen molar-refractivity contribution >= 4 is 23.6 Å². The molecule has 0 spiro atoms. The van der Waals surface area contributed by atoms with Gasteiger partial charge < -0.3 is 16.0 Å². The first-order valence-electron chi connectivity index (χ1n) is 9.22. The molecule has 6 nitrogen and oxygen atoms in total. The van der Waals surface area contributed by atoms with Crippen LogP contribution in [0.2, 0.25) is 0 Å². The Labute approximate surface area is 160 Å². The second-order valence-corrected chi connectivity index (χ2v) is 7.43. The van der Waals surface area contributed by atoms with Crippen molar-refractivity contribution < 1.29 is 9.59 Å². The molecule has 1 aromatic rings. The minimum atomic E-state index is -0.471. The van der Waals surface area contributed by atoms with E-state index in [0.717, 1.165) is 44.0 Å².